The van der Waals surface area contributed by atoms with E-state index in [2.05, 4.69) is 13.8 Å². The van der Waals surface area contributed by atoms with Crippen molar-refractivity contribution in [3.8, 4) is 28.4 Å². The van der Waals surface area contributed by atoms with Gasteiger partial charge in [-0.2, -0.15) is 0 Å². The van der Waals surface area contributed by atoms with E-state index in [1.54, 1.807) is 12.1 Å². The Hall–Kier alpha value is -2.94. The molecule has 0 saturated heterocycles. The average molecular weight is 348 g/mol. The van der Waals surface area contributed by atoms with Crippen LogP contribution in [0.1, 0.15) is 36.1 Å². The molecular formula is C23H24O3. The Morgan fingerprint density at radius 2 is 1.27 bits per heavy atom. The lowest BCUT2D eigenvalue weighted by Gasteiger charge is -2.28. The molecule has 0 radical (unpaired) electrons. The summed E-state index contributed by atoms with van der Waals surface area (Å²) in [6, 6.07) is 16.6. The van der Waals surface area contributed by atoms with Crippen molar-refractivity contribution in [3.63, 3.8) is 0 Å². The number of benzene rings is 3. The second-order valence-corrected chi connectivity index (χ2v) is 7.33. The number of para-hydroxylation sites is 1. The third-order valence-electron chi connectivity index (χ3n) is 5.14. The van der Waals surface area contributed by atoms with Gasteiger partial charge in [0.25, 0.3) is 0 Å². The summed E-state index contributed by atoms with van der Waals surface area (Å²) in [5.74, 6) is 0.592. The summed E-state index contributed by atoms with van der Waals surface area (Å²) in [6.07, 6.45) is 0. The van der Waals surface area contributed by atoms with Crippen LogP contribution in [0.3, 0.4) is 0 Å². The quantitative estimate of drug-likeness (QED) is 0.593. The van der Waals surface area contributed by atoms with Crippen LogP contribution < -0.4 is 0 Å². The molecule has 0 bridgehead atoms. The standard InChI is InChI=1S/C23H24O3/c1-14-6-5-7-19(21(14)25)20-13-17(12-15(2)22(20)26)23(3,4)16-8-10-18(24)11-9-16/h5-13,24-26H,1-4H3. The van der Waals surface area contributed by atoms with E-state index in [0.717, 1.165) is 22.3 Å². The fraction of sp³-hybridized carbons (Fsp3) is 0.217. The van der Waals surface area contributed by atoms with Crippen LogP contribution in [0.25, 0.3) is 11.1 Å². The molecule has 0 heterocycles. The van der Waals surface area contributed by atoms with Crippen LogP contribution in [0.4, 0.5) is 0 Å². The first kappa shape index (κ1) is 17.9. The molecule has 3 heteroatoms. The maximum Gasteiger partial charge on any atom is 0.126 e. The van der Waals surface area contributed by atoms with Crippen LogP contribution in [-0.2, 0) is 5.41 Å². The summed E-state index contributed by atoms with van der Waals surface area (Å²) in [6.45, 7) is 7.91. The molecule has 0 aromatic heterocycles. The zero-order valence-electron chi connectivity index (χ0n) is 15.5. The molecule has 0 aliphatic heterocycles. The van der Waals surface area contributed by atoms with Crippen molar-refractivity contribution >= 4 is 0 Å². The topological polar surface area (TPSA) is 60.7 Å². The molecule has 0 saturated carbocycles. The lowest BCUT2D eigenvalue weighted by atomic mass is 9.76. The first-order valence-electron chi connectivity index (χ1n) is 8.64. The number of hydrogen-bond acceptors (Lipinski definition) is 3. The highest BCUT2D eigenvalue weighted by molar-refractivity contribution is 5.78. The first-order chi connectivity index (χ1) is 12.2. The molecule has 0 amide bonds. The van der Waals surface area contributed by atoms with E-state index in [9.17, 15) is 15.3 Å². The summed E-state index contributed by atoms with van der Waals surface area (Å²) >= 11 is 0. The van der Waals surface area contributed by atoms with Crippen LogP contribution in [0.2, 0.25) is 0 Å². The third-order valence-corrected chi connectivity index (χ3v) is 5.14. The van der Waals surface area contributed by atoms with Gasteiger partial charge in [-0.1, -0.05) is 50.2 Å². The van der Waals surface area contributed by atoms with Crippen LogP contribution in [0, 0.1) is 13.8 Å². The maximum absolute atomic E-state index is 10.6. The molecule has 0 aliphatic rings. The van der Waals surface area contributed by atoms with E-state index in [0.29, 0.717) is 11.1 Å². The molecule has 0 aliphatic carbocycles. The second kappa shape index (κ2) is 6.41. The molecule has 26 heavy (non-hydrogen) atoms. The van der Waals surface area contributed by atoms with Gasteiger partial charge in [-0.25, -0.2) is 0 Å². The number of rotatable bonds is 3. The monoisotopic (exact) mass is 348 g/mol. The Bertz CT molecular complexity index is 954. The Morgan fingerprint density at radius 3 is 1.92 bits per heavy atom. The van der Waals surface area contributed by atoms with Gasteiger partial charge in [0, 0.05) is 16.5 Å². The SMILES string of the molecule is Cc1cccc(-c2cc(C(C)(C)c3ccc(O)cc3)cc(C)c2O)c1O. The van der Waals surface area contributed by atoms with Crippen LogP contribution in [0.5, 0.6) is 17.2 Å². The normalized spacial score (nSPS) is 11.5. The van der Waals surface area contributed by atoms with Gasteiger partial charge < -0.3 is 15.3 Å². The van der Waals surface area contributed by atoms with Gasteiger partial charge >= 0.3 is 0 Å². The molecule has 3 aromatic rings. The molecule has 0 fully saturated rings. The highest BCUT2D eigenvalue weighted by atomic mass is 16.3. The molecule has 0 unspecified atom stereocenters. The zero-order valence-corrected chi connectivity index (χ0v) is 15.5. The zero-order chi connectivity index (χ0) is 19.1. The van der Waals surface area contributed by atoms with Crippen molar-refractivity contribution < 1.29 is 15.3 Å². The minimum Gasteiger partial charge on any atom is -0.508 e. The minimum absolute atomic E-state index is 0.177. The second-order valence-electron chi connectivity index (χ2n) is 7.33. The van der Waals surface area contributed by atoms with Crippen LogP contribution >= 0.6 is 0 Å². The summed E-state index contributed by atoms with van der Waals surface area (Å²) < 4.78 is 0. The molecule has 3 N–H and O–H groups in total. The predicted octanol–water partition coefficient (Wildman–Crippen LogP) is 5.41. The summed E-state index contributed by atoms with van der Waals surface area (Å²) in [5, 5.41) is 30.6. The number of phenolic OH excluding ortho intramolecular Hbond substituents is 3. The van der Waals surface area contributed by atoms with Crippen molar-refractivity contribution in [2.45, 2.75) is 33.1 Å². The van der Waals surface area contributed by atoms with Gasteiger partial charge in [0.1, 0.15) is 17.2 Å². The lowest BCUT2D eigenvalue weighted by Crippen LogP contribution is -2.19. The third kappa shape index (κ3) is 3.01. The Kier molecular flexibility index (Phi) is 4.41. The van der Waals surface area contributed by atoms with Crippen LogP contribution in [0.15, 0.2) is 54.6 Å². The molecule has 134 valence electrons. The highest BCUT2D eigenvalue weighted by Gasteiger charge is 2.26. The fourth-order valence-electron chi connectivity index (χ4n) is 3.27. The summed E-state index contributed by atoms with van der Waals surface area (Å²) in [7, 11) is 0. The van der Waals surface area contributed by atoms with Crippen molar-refractivity contribution in [1.82, 2.24) is 0 Å². The van der Waals surface area contributed by atoms with Crippen molar-refractivity contribution in [2.24, 2.45) is 0 Å². The van der Waals surface area contributed by atoms with E-state index < -0.39 is 0 Å². The van der Waals surface area contributed by atoms with E-state index in [4.69, 9.17) is 0 Å². The van der Waals surface area contributed by atoms with E-state index in [1.807, 2.05) is 56.3 Å². The number of phenols is 3. The van der Waals surface area contributed by atoms with Gasteiger partial charge in [0.2, 0.25) is 0 Å². The molecule has 3 aromatic carbocycles. The Labute approximate surface area is 154 Å². The summed E-state index contributed by atoms with van der Waals surface area (Å²) in [4.78, 5) is 0. The van der Waals surface area contributed by atoms with Crippen molar-refractivity contribution in [2.75, 3.05) is 0 Å². The average Bonchev–Trinajstić information content (AvgIpc) is 2.60. The largest absolute Gasteiger partial charge is 0.508 e. The number of aryl methyl sites for hydroxylation is 2. The molecule has 3 rings (SSSR count). The van der Waals surface area contributed by atoms with Gasteiger partial charge in [0.15, 0.2) is 0 Å². The van der Waals surface area contributed by atoms with Crippen LogP contribution in [-0.4, -0.2) is 15.3 Å². The van der Waals surface area contributed by atoms with Gasteiger partial charge in [0.05, 0.1) is 0 Å². The summed E-state index contributed by atoms with van der Waals surface area (Å²) in [5.41, 5.74) is 4.50. The van der Waals surface area contributed by atoms with Gasteiger partial charge in [-0.05, 0) is 54.3 Å². The van der Waals surface area contributed by atoms with E-state index in [-0.39, 0.29) is 22.7 Å². The minimum atomic E-state index is -0.333. The Morgan fingerprint density at radius 1 is 0.654 bits per heavy atom. The molecular weight excluding hydrogens is 324 g/mol. The highest BCUT2D eigenvalue weighted by Crippen LogP contribution is 2.42. The molecule has 0 spiro atoms. The number of hydrogen-bond donors (Lipinski definition) is 3. The maximum atomic E-state index is 10.6. The van der Waals surface area contributed by atoms with E-state index >= 15 is 0 Å². The lowest BCUT2D eigenvalue weighted by molar-refractivity contribution is 0.464. The smallest absolute Gasteiger partial charge is 0.126 e. The number of aromatic hydroxyl groups is 3. The van der Waals surface area contributed by atoms with Gasteiger partial charge in [-0.15, -0.1) is 0 Å². The van der Waals surface area contributed by atoms with E-state index in [1.165, 1.54) is 0 Å². The van der Waals surface area contributed by atoms with Gasteiger partial charge in [-0.3, -0.25) is 0 Å². The predicted molar refractivity (Wildman–Crippen MR) is 105 cm³/mol. The fourth-order valence-corrected chi connectivity index (χ4v) is 3.27. The Balaban J connectivity index is 2.20. The van der Waals surface area contributed by atoms with Crippen molar-refractivity contribution in [1.29, 1.82) is 0 Å². The first-order valence-corrected chi connectivity index (χ1v) is 8.64. The molecule has 3 nitrogen and oxygen atoms in total. The molecule has 0 atom stereocenters. The van der Waals surface area contributed by atoms with Crippen molar-refractivity contribution in [3.05, 3.63) is 76.9 Å².